The molecule has 0 unspecified atom stereocenters. The van der Waals surface area contributed by atoms with E-state index in [2.05, 4.69) is 35.6 Å². The number of guanidine groups is 1. The highest BCUT2D eigenvalue weighted by molar-refractivity contribution is 14.0. The number of aromatic nitrogens is 3. The molecule has 154 valence electrons. The minimum Gasteiger partial charge on any atom is -0.356 e. The van der Waals surface area contributed by atoms with Crippen LogP contribution in [-0.4, -0.2) is 88.8 Å². The van der Waals surface area contributed by atoms with Crippen LogP contribution in [0.5, 0.6) is 0 Å². The zero-order chi connectivity index (χ0) is 18.8. The molecule has 9 nitrogen and oxygen atoms in total. The Kier molecular flexibility index (Phi) is 11.3. The monoisotopic (exact) mass is 492 g/mol. The molecule has 0 radical (unpaired) electrons. The van der Waals surface area contributed by atoms with Crippen LogP contribution in [-0.2, 0) is 11.3 Å². The first-order valence-electron chi connectivity index (χ1n) is 9.38. The van der Waals surface area contributed by atoms with E-state index in [1.165, 1.54) is 0 Å². The minimum absolute atomic E-state index is 0. The number of hydrogen-bond acceptors (Lipinski definition) is 5. The predicted molar refractivity (Wildman–Crippen MR) is 117 cm³/mol. The first-order valence-corrected chi connectivity index (χ1v) is 9.38. The van der Waals surface area contributed by atoms with Crippen LogP contribution >= 0.6 is 24.0 Å². The van der Waals surface area contributed by atoms with Crippen molar-refractivity contribution in [3.05, 3.63) is 12.7 Å². The summed E-state index contributed by atoms with van der Waals surface area (Å²) in [6, 6.07) is 0.192. The summed E-state index contributed by atoms with van der Waals surface area (Å²) in [7, 11) is 1.82. The van der Waals surface area contributed by atoms with Crippen molar-refractivity contribution in [2.75, 3.05) is 46.3 Å². The van der Waals surface area contributed by atoms with Crippen molar-refractivity contribution < 1.29 is 4.79 Å². The lowest BCUT2D eigenvalue weighted by atomic mass is 10.3. The number of aliphatic imine (C=N–C) groups is 1. The van der Waals surface area contributed by atoms with Crippen LogP contribution in [0.3, 0.4) is 0 Å². The third-order valence-electron chi connectivity index (χ3n) is 4.29. The Morgan fingerprint density at radius 3 is 2.41 bits per heavy atom. The summed E-state index contributed by atoms with van der Waals surface area (Å²) in [5, 5.41) is 14.0. The third-order valence-corrected chi connectivity index (χ3v) is 4.29. The molecule has 2 N–H and O–H groups in total. The van der Waals surface area contributed by atoms with Gasteiger partial charge in [0, 0.05) is 52.4 Å². The van der Waals surface area contributed by atoms with Gasteiger partial charge in [-0.25, -0.2) is 0 Å². The van der Waals surface area contributed by atoms with Gasteiger partial charge in [0.25, 0.3) is 0 Å². The molecule has 1 aliphatic rings. The van der Waals surface area contributed by atoms with Crippen LogP contribution in [0.2, 0.25) is 0 Å². The summed E-state index contributed by atoms with van der Waals surface area (Å²) in [5.74, 6) is 1.05. The van der Waals surface area contributed by atoms with Crippen molar-refractivity contribution in [3.8, 4) is 0 Å². The maximum atomic E-state index is 11.9. The summed E-state index contributed by atoms with van der Waals surface area (Å²) in [6.45, 7) is 9.79. The van der Waals surface area contributed by atoms with Gasteiger partial charge < -0.3 is 20.1 Å². The number of nitrogens with one attached hydrogen (secondary N) is 2. The van der Waals surface area contributed by atoms with Gasteiger partial charge in [-0.2, -0.15) is 0 Å². The smallest absolute Gasteiger partial charge is 0.234 e. The van der Waals surface area contributed by atoms with Crippen molar-refractivity contribution in [3.63, 3.8) is 0 Å². The normalized spacial score (nSPS) is 15.6. The van der Waals surface area contributed by atoms with Gasteiger partial charge in [-0.05, 0) is 26.7 Å². The van der Waals surface area contributed by atoms with Gasteiger partial charge in [-0.1, -0.05) is 0 Å². The maximum absolute atomic E-state index is 11.9. The Morgan fingerprint density at radius 2 is 1.81 bits per heavy atom. The lowest BCUT2D eigenvalue weighted by Gasteiger charge is -2.36. The van der Waals surface area contributed by atoms with Gasteiger partial charge in [-0.3, -0.25) is 14.7 Å². The van der Waals surface area contributed by atoms with E-state index in [0.717, 1.165) is 58.1 Å². The molecule has 1 aromatic heterocycles. The van der Waals surface area contributed by atoms with Crippen LogP contribution in [0, 0.1) is 0 Å². The summed E-state index contributed by atoms with van der Waals surface area (Å²) >= 11 is 0. The summed E-state index contributed by atoms with van der Waals surface area (Å²) in [4.78, 5) is 20.7. The maximum Gasteiger partial charge on any atom is 0.234 e. The second kappa shape index (κ2) is 12.9. The average molecular weight is 492 g/mol. The number of nitrogens with zero attached hydrogens (tertiary/aromatic N) is 6. The van der Waals surface area contributed by atoms with Gasteiger partial charge in [0.15, 0.2) is 5.96 Å². The highest BCUT2D eigenvalue weighted by Gasteiger charge is 2.21. The highest BCUT2D eigenvalue weighted by Crippen LogP contribution is 2.02. The number of rotatable bonds is 8. The van der Waals surface area contributed by atoms with Gasteiger partial charge in [0.05, 0.1) is 6.54 Å². The predicted octanol–water partition coefficient (Wildman–Crippen LogP) is 0.394. The number of halogens is 1. The molecule has 2 heterocycles. The molecule has 1 aliphatic heterocycles. The van der Waals surface area contributed by atoms with E-state index in [0.29, 0.717) is 6.54 Å². The van der Waals surface area contributed by atoms with Crippen LogP contribution in [0.4, 0.5) is 0 Å². The Bertz CT molecular complexity index is 555. The Labute approximate surface area is 179 Å². The third kappa shape index (κ3) is 8.87. The lowest BCUT2D eigenvalue weighted by molar-refractivity contribution is -0.123. The highest BCUT2D eigenvalue weighted by atomic mass is 127. The molecule has 0 atom stereocenters. The molecule has 1 aromatic rings. The summed E-state index contributed by atoms with van der Waals surface area (Å²) in [6.07, 6.45) is 5.62. The zero-order valence-electron chi connectivity index (χ0n) is 16.6. The van der Waals surface area contributed by atoms with Gasteiger partial charge >= 0.3 is 0 Å². The Balaban J connectivity index is 0.00000364. The van der Waals surface area contributed by atoms with E-state index < -0.39 is 0 Å². The second-order valence-corrected chi connectivity index (χ2v) is 6.87. The first-order chi connectivity index (χ1) is 12.6. The van der Waals surface area contributed by atoms with E-state index in [-0.39, 0.29) is 35.9 Å². The Hall–Kier alpha value is -1.43. The molecule has 27 heavy (non-hydrogen) atoms. The van der Waals surface area contributed by atoms with E-state index in [4.69, 9.17) is 0 Å². The summed E-state index contributed by atoms with van der Waals surface area (Å²) < 4.78 is 1.99. The van der Waals surface area contributed by atoms with E-state index in [1.54, 1.807) is 12.7 Å². The molecule has 10 heteroatoms. The minimum atomic E-state index is 0. The molecule has 0 aromatic carbocycles. The molecule has 2 rings (SSSR count). The Morgan fingerprint density at radius 1 is 1.15 bits per heavy atom. The molecule has 0 bridgehead atoms. The molecule has 0 aliphatic carbocycles. The molecule has 0 spiro atoms. The number of unbranched alkanes of at least 4 members (excludes halogenated alkanes) is 1. The van der Waals surface area contributed by atoms with Crippen molar-refractivity contribution in [2.24, 2.45) is 4.99 Å². The van der Waals surface area contributed by atoms with Crippen molar-refractivity contribution >= 4 is 35.8 Å². The van der Waals surface area contributed by atoms with Gasteiger partial charge in [0.2, 0.25) is 5.91 Å². The van der Waals surface area contributed by atoms with Crippen LogP contribution in [0.25, 0.3) is 0 Å². The fourth-order valence-electron chi connectivity index (χ4n) is 2.98. The number of amides is 1. The van der Waals surface area contributed by atoms with Crippen LogP contribution in [0.15, 0.2) is 17.6 Å². The number of piperazine rings is 1. The molecular weight excluding hydrogens is 459 g/mol. The largest absolute Gasteiger partial charge is 0.356 e. The average Bonchev–Trinajstić information content (AvgIpc) is 3.12. The standard InChI is InChI=1S/C17H32N8O.HI/c1-15(2)22-16(26)12-23-8-10-25(11-9-23)17(18-3)19-6-4-5-7-24-13-20-21-14-24;/h13-15H,4-12H2,1-3H3,(H,18,19)(H,22,26);1H. The molecule has 1 saturated heterocycles. The van der Waals surface area contributed by atoms with Crippen molar-refractivity contribution in [1.29, 1.82) is 0 Å². The van der Waals surface area contributed by atoms with E-state index in [9.17, 15) is 4.79 Å². The second-order valence-electron chi connectivity index (χ2n) is 6.87. The lowest BCUT2D eigenvalue weighted by Crippen LogP contribution is -2.54. The fourth-order valence-corrected chi connectivity index (χ4v) is 2.98. The number of carbonyl (C=O) groups excluding carboxylic acids is 1. The quantitative estimate of drug-likeness (QED) is 0.236. The summed E-state index contributed by atoms with van der Waals surface area (Å²) in [5.41, 5.74) is 0. The van der Waals surface area contributed by atoms with Crippen LogP contribution < -0.4 is 10.6 Å². The van der Waals surface area contributed by atoms with Gasteiger partial charge in [0.1, 0.15) is 12.7 Å². The molecule has 1 amide bonds. The number of carbonyl (C=O) groups is 1. The van der Waals surface area contributed by atoms with E-state index in [1.807, 2.05) is 25.5 Å². The number of hydrogen-bond donors (Lipinski definition) is 2. The van der Waals surface area contributed by atoms with Gasteiger partial charge in [-0.15, -0.1) is 34.2 Å². The SMILES string of the molecule is CN=C(NCCCCn1cnnc1)N1CCN(CC(=O)NC(C)C)CC1.I. The first kappa shape index (κ1) is 23.6. The molecule has 1 fully saturated rings. The fraction of sp³-hybridized carbons (Fsp3) is 0.765. The molecular formula is C17H33IN8O. The molecule has 0 saturated carbocycles. The van der Waals surface area contributed by atoms with Crippen LogP contribution in [0.1, 0.15) is 26.7 Å². The van der Waals surface area contributed by atoms with Crippen molar-refractivity contribution in [1.82, 2.24) is 35.2 Å². The van der Waals surface area contributed by atoms with Crippen molar-refractivity contribution in [2.45, 2.75) is 39.3 Å². The zero-order valence-corrected chi connectivity index (χ0v) is 18.9. The number of aryl methyl sites for hydroxylation is 1. The van der Waals surface area contributed by atoms with E-state index >= 15 is 0 Å². The topological polar surface area (TPSA) is 90.7 Å².